The minimum Gasteiger partial charge on any atom is -0.309 e. The fourth-order valence-corrected chi connectivity index (χ4v) is 3.05. The first-order chi connectivity index (χ1) is 9.03. The molecule has 0 bridgehead atoms. The van der Waals surface area contributed by atoms with Gasteiger partial charge in [0.25, 0.3) is 0 Å². The minimum atomic E-state index is 0.114. The van der Waals surface area contributed by atoms with Gasteiger partial charge in [-0.05, 0) is 33.0 Å². The quantitative estimate of drug-likeness (QED) is 0.785. The molecule has 110 valence electrons. The normalized spacial score (nSPS) is 16.6. The van der Waals surface area contributed by atoms with Crippen LogP contribution in [0.15, 0.2) is 12.4 Å². The third-order valence-electron chi connectivity index (χ3n) is 4.29. The van der Waals surface area contributed by atoms with Crippen LogP contribution >= 0.6 is 0 Å². The van der Waals surface area contributed by atoms with E-state index in [0.717, 1.165) is 26.1 Å². The molecule has 0 aromatic carbocycles. The molecule has 0 aliphatic rings. The molecule has 1 N–H and O–H groups in total. The molecule has 0 fully saturated rings. The first-order valence-corrected chi connectivity index (χ1v) is 7.50. The highest BCUT2D eigenvalue weighted by atomic mass is 15.3. The number of rotatable bonds is 8. The van der Waals surface area contributed by atoms with E-state index in [0.29, 0.717) is 6.04 Å². The van der Waals surface area contributed by atoms with Crippen LogP contribution in [0.2, 0.25) is 0 Å². The molecule has 2 atom stereocenters. The summed E-state index contributed by atoms with van der Waals surface area (Å²) in [5, 5.41) is 7.99. The van der Waals surface area contributed by atoms with E-state index < -0.39 is 0 Å². The maximum atomic E-state index is 4.34. The Balaban J connectivity index is 3.13. The summed E-state index contributed by atoms with van der Waals surface area (Å²) in [5.74, 6) is 0. The summed E-state index contributed by atoms with van der Waals surface area (Å²) in [6.07, 6.45) is 5.23. The van der Waals surface area contributed by atoms with Crippen molar-refractivity contribution in [1.82, 2.24) is 20.0 Å². The highest BCUT2D eigenvalue weighted by Crippen LogP contribution is 2.33. The topological polar surface area (TPSA) is 33.1 Å². The molecule has 4 nitrogen and oxygen atoms in total. The molecule has 4 heteroatoms. The lowest BCUT2D eigenvalue weighted by molar-refractivity contribution is 0.0704. The third-order valence-corrected chi connectivity index (χ3v) is 4.29. The predicted molar refractivity (Wildman–Crippen MR) is 81.2 cm³/mol. The summed E-state index contributed by atoms with van der Waals surface area (Å²) in [6.45, 7) is 14.4. The van der Waals surface area contributed by atoms with Gasteiger partial charge >= 0.3 is 0 Å². The summed E-state index contributed by atoms with van der Waals surface area (Å²) >= 11 is 0. The fourth-order valence-electron chi connectivity index (χ4n) is 3.05. The first kappa shape index (κ1) is 16.2. The molecule has 1 aromatic heterocycles. The molecule has 0 aliphatic heterocycles. The van der Waals surface area contributed by atoms with Gasteiger partial charge in [-0.2, -0.15) is 5.10 Å². The number of hydrogen-bond acceptors (Lipinski definition) is 3. The van der Waals surface area contributed by atoms with Crippen LogP contribution in [0.5, 0.6) is 0 Å². The monoisotopic (exact) mass is 266 g/mol. The van der Waals surface area contributed by atoms with Crippen molar-refractivity contribution in [2.24, 2.45) is 7.05 Å². The highest BCUT2D eigenvalue weighted by molar-refractivity contribution is 5.17. The SMILES string of the molecule is CCNC(c1cnn(C)c1)C(C)(CC)N(CC)CC. The van der Waals surface area contributed by atoms with Gasteiger partial charge in [0, 0.05) is 24.3 Å². The van der Waals surface area contributed by atoms with Gasteiger partial charge in [-0.15, -0.1) is 0 Å². The number of aryl methyl sites for hydroxylation is 1. The van der Waals surface area contributed by atoms with Gasteiger partial charge < -0.3 is 5.32 Å². The van der Waals surface area contributed by atoms with Gasteiger partial charge in [-0.25, -0.2) is 0 Å². The minimum absolute atomic E-state index is 0.114. The number of aromatic nitrogens is 2. The van der Waals surface area contributed by atoms with E-state index in [1.54, 1.807) is 0 Å². The summed E-state index contributed by atoms with van der Waals surface area (Å²) in [7, 11) is 1.98. The van der Waals surface area contributed by atoms with E-state index in [1.165, 1.54) is 5.56 Å². The van der Waals surface area contributed by atoms with E-state index in [-0.39, 0.29) is 5.54 Å². The zero-order valence-electron chi connectivity index (χ0n) is 13.4. The zero-order chi connectivity index (χ0) is 14.5. The van der Waals surface area contributed by atoms with Crippen LogP contribution in [-0.4, -0.2) is 39.9 Å². The number of hydrogen-bond donors (Lipinski definition) is 1. The molecule has 0 saturated heterocycles. The standard InChI is InChI=1S/C15H30N4/c1-7-15(5,19(9-3)10-4)14(16-8-2)13-11-17-18(6)12-13/h11-12,14,16H,7-10H2,1-6H3. The Bertz CT molecular complexity index is 370. The Kier molecular flexibility index (Phi) is 6.01. The second-order valence-corrected chi connectivity index (χ2v) is 5.32. The molecule has 0 saturated carbocycles. The lowest BCUT2D eigenvalue weighted by Crippen LogP contribution is -2.54. The van der Waals surface area contributed by atoms with Crippen molar-refractivity contribution >= 4 is 0 Å². The molecule has 1 rings (SSSR count). The van der Waals surface area contributed by atoms with E-state index in [9.17, 15) is 0 Å². The molecular weight excluding hydrogens is 236 g/mol. The number of nitrogens with one attached hydrogen (secondary N) is 1. The van der Waals surface area contributed by atoms with Crippen molar-refractivity contribution < 1.29 is 0 Å². The van der Waals surface area contributed by atoms with Crippen LogP contribution in [0.1, 0.15) is 52.6 Å². The molecule has 1 heterocycles. The van der Waals surface area contributed by atoms with Crippen molar-refractivity contribution in [1.29, 1.82) is 0 Å². The Morgan fingerprint density at radius 3 is 2.32 bits per heavy atom. The summed E-state index contributed by atoms with van der Waals surface area (Å²) in [6, 6.07) is 0.316. The van der Waals surface area contributed by atoms with Crippen molar-refractivity contribution in [3.8, 4) is 0 Å². The lowest BCUT2D eigenvalue weighted by atomic mass is 9.83. The smallest absolute Gasteiger partial charge is 0.0538 e. The number of likely N-dealkylation sites (N-methyl/N-ethyl adjacent to an activating group) is 2. The fraction of sp³-hybridized carbons (Fsp3) is 0.800. The van der Waals surface area contributed by atoms with Crippen LogP contribution < -0.4 is 5.32 Å². The van der Waals surface area contributed by atoms with Gasteiger partial charge in [-0.1, -0.05) is 27.7 Å². The maximum absolute atomic E-state index is 4.34. The largest absolute Gasteiger partial charge is 0.309 e. The number of nitrogens with zero attached hydrogens (tertiary/aromatic N) is 3. The summed E-state index contributed by atoms with van der Waals surface area (Å²) in [5.41, 5.74) is 1.39. The Morgan fingerprint density at radius 2 is 1.95 bits per heavy atom. The van der Waals surface area contributed by atoms with Crippen molar-refractivity contribution in [2.45, 2.75) is 52.6 Å². The van der Waals surface area contributed by atoms with Crippen molar-refractivity contribution in [3.63, 3.8) is 0 Å². The van der Waals surface area contributed by atoms with E-state index >= 15 is 0 Å². The molecule has 0 aliphatic carbocycles. The van der Waals surface area contributed by atoms with Gasteiger partial charge in [-0.3, -0.25) is 9.58 Å². The molecule has 0 radical (unpaired) electrons. The zero-order valence-corrected chi connectivity index (χ0v) is 13.4. The third kappa shape index (κ3) is 3.37. The summed E-state index contributed by atoms with van der Waals surface area (Å²) < 4.78 is 1.89. The van der Waals surface area contributed by atoms with Gasteiger partial charge in [0.2, 0.25) is 0 Å². The second-order valence-electron chi connectivity index (χ2n) is 5.32. The molecule has 2 unspecified atom stereocenters. The van der Waals surface area contributed by atoms with Gasteiger partial charge in [0.1, 0.15) is 0 Å². The van der Waals surface area contributed by atoms with Crippen molar-refractivity contribution in [2.75, 3.05) is 19.6 Å². The van der Waals surface area contributed by atoms with Crippen molar-refractivity contribution in [3.05, 3.63) is 18.0 Å². The Labute approximate surface area is 118 Å². The Hall–Kier alpha value is -0.870. The lowest BCUT2D eigenvalue weighted by Gasteiger charge is -2.45. The molecule has 0 amide bonds. The predicted octanol–water partition coefficient (Wildman–Crippen LogP) is 2.58. The van der Waals surface area contributed by atoms with E-state index in [1.807, 2.05) is 17.9 Å². The van der Waals surface area contributed by atoms with Crippen LogP contribution in [-0.2, 0) is 7.05 Å². The maximum Gasteiger partial charge on any atom is 0.0538 e. The average molecular weight is 266 g/mol. The molecular formula is C15H30N4. The van der Waals surface area contributed by atoms with E-state index in [4.69, 9.17) is 0 Å². The van der Waals surface area contributed by atoms with Gasteiger partial charge in [0.15, 0.2) is 0 Å². The van der Waals surface area contributed by atoms with Crippen LogP contribution in [0.25, 0.3) is 0 Å². The molecule has 1 aromatic rings. The van der Waals surface area contributed by atoms with Crippen LogP contribution in [0, 0.1) is 0 Å². The highest BCUT2D eigenvalue weighted by Gasteiger charge is 2.37. The van der Waals surface area contributed by atoms with Gasteiger partial charge in [0.05, 0.1) is 12.2 Å². The molecule has 0 spiro atoms. The van der Waals surface area contributed by atoms with Crippen LogP contribution in [0.3, 0.4) is 0 Å². The van der Waals surface area contributed by atoms with E-state index in [2.05, 4.69) is 56.1 Å². The Morgan fingerprint density at radius 1 is 1.32 bits per heavy atom. The summed E-state index contributed by atoms with van der Waals surface area (Å²) in [4.78, 5) is 2.55. The van der Waals surface area contributed by atoms with Crippen LogP contribution in [0.4, 0.5) is 0 Å². The first-order valence-electron chi connectivity index (χ1n) is 7.50. The second kappa shape index (κ2) is 7.06. The average Bonchev–Trinajstić information content (AvgIpc) is 2.83. The molecule has 19 heavy (non-hydrogen) atoms.